The van der Waals surface area contributed by atoms with Crippen molar-refractivity contribution < 1.29 is 55.1 Å². The molecule has 0 aliphatic carbocycles. The Morgan fingerprint density at radius 1 is 0.870 bits per heavy atom. The Morgan fingerprint density at radius 2 is 1.48 bits per heavy atom. The van der Waals surface area contributed by atoms with Crippen molar-refractivity contribution in [1.29, 1.82) is 0 Å². The predicted octanol–water partition coefficient (Wildman–Crippen LogP) is -5.40. The van der Waals surface area contributed by atoms with E-state index in [9.17, 15) is 30.6 Å². The van der Waals surface area contributed by atoms with E-state index in [1.165, 1.54) is 0 Å². The lowest BCUT2D eigenvalue weighted by molar-refractivity contribution is -0.318. The molecule has 0 bridgehead atoms. The van der Waals surface area contributed by atoms with Crippen molar-refractivity contribution in [2.45, 2.75) is 54.8 Å². The summed E-state index contributed by atoms with van der Waals surface area (Å²) >= 11 is 0. The fourth-order valence-corrected chi connectivity index (χ4v) is 2.63. The van der Waals surface area contributed by atoms with Crippen molar-refractivity contribution in [2.24, 2.45) is 0 Å². The topological polar surface area (TPSA) is 190 Å². The van der Waals surface area contributed by atoms with Crippen LogP contribution in [0, 0.1) is 0 Å². The first kappa shape index (κ1) is 18.9. The van der Waals surface area contributed by atoms with Gasteiger partial charge in [-0.15, -0.1) is 0 Å². The number of rotatable bonds is 5. The Bertz CT molecular complexity index is 393. The summed E-state index contributed by atoms with van der Waals surface area (Å²) in [4.78, 5) is 0. The molecule has 2 fully saturated rings. The summed E-state index contributed by atoms with van der Waals surface area (Å²) in [5, 5.41) is 76.5. The van der Waals surface area contributed by atoms with Gasteiger partial charge in [0.1, 0.15) is 42.7 Å². The van der Waals surface area contributed by atoms with E-state index in [-0.39, 0.29) is 0 Å². The van der Waals surface area contributed by atoms with Gasteiger partial charge in [-0.2, -0.15) is 0 Å². The summed E-state index contributed by atoms with van der Waals surface area (Å²) in [5.41, 5.74) is 0. The maximum absolute atomic E-state index is 10.00. The fourth-order valence-electron chi connectivity index (χ4n) is 2.63. The first-order valence-electron chi connectivity index (χ1n) is 7.05. The molecule has 2 heterocycles. The molecule has 0 spiro atoms. The fraction of sp³-hybridized carbons (Fsp3) is 1.00. The van der Waals surface area contributed by atoms with Gasteiger partial charge in [0.15, 0.2) is 6.29 Å². The van der Waals surface area contributed by atoms with E-state index in [4.69, 9.17) is 24.4 Å². The molecular weight excluding hydrogens is 320 g/mol. The highest BCUT2D eigenvalue weighted by Crippen LogP contribution is 2.33. The van der Waals surface area contributed by atoms with Gasteiger partial charge >= 0.3 is 0 Å². The molecule has 0 radical (unpaired) electrons. The van der Waals surface area contributed by atoms with Crippen LogP contribution in [0.3, 0.4) is 0 Å². The minimum absolute atomic E-state index is 0.668. The third-order valence-electron chi connectivity index (χ3n) is 4.04. The number of hydrogen-bond acceptors (Lipinski definition) is 11. The van der Waals surface area contributed by atoms with Crippen LogP contribution < -0.4 is 0 Å². The van der Waals surface area contributed by atoms with Gasteiger partial charge in [0.2, 0.25) is 5.79 Å². The number of hydrogen-bond donors (Lipinski definition) is 8. The number of ether oxygens (including phenoxy) is 3. The number of aliphatic hydroxyl groups excluding tert-OH is 7. The largest absolute Gasteiger partial charge is 0.394 e. The van der Waals surface area contributed by atoms with Gasteiger partial charge in [-0.3, -0.25) is 0 Å². The SMILES string of the molecule is OCC1O[C@@H](OC2[C@@H](O)[C@@](O)(CO)O[C@@H]2CO)C(O)[C@H](O)[C@H]1O. The maximum Gasteiger partial charge on any atom is 0.219 e. The number of aliphatic hydroxyl groups is 8. The molecule has 0 amide bonds. The third-order valence-corrected chi connectivity index (χ3v) is 4.04. The second-order valence-corrected chi connectivity index (χ2v) is 5.58. The molecule has 0 aromatic heterocycles. The third kappa shape index (κ3) is 3.36. The van der Waals surface area contributed by atoms with E-state index in [1.54, 1.807) is 0 Å². The second-order valence-electron chi connectivity index (χ2n) is 5.58. The van der Waals surface area contributed by atoms with Gasteiger partial charge in [-0.1, -0.05) is 0 Å². The lowest BCUT2D eigenvalue weighted by atomic mass is 9.99. The molecule has 136 valence electrons. The summed E-state index contributed by atoms with van der Waals surface area (Å²) < 4.78 is 15.3. The molecule has 0 aromatic rings. The Morgan fingerprint density at radius 3 is 2.00 bits per heavy atom. The highest BCUT2D eigenvalue weighted by Gasteiger charge is 2.56. The Labute approximate surface area is 130 Å². The smallest absolute Gasteiger partial charge is 0.219 e. The van der Waals surface area contributed by atoms with Crippen LogP contribution in [-0.2, 0) is 14.2 Å². The molecule has 2 aliphatic heterocycles. The van der Waals surface area contributed by atoms with Crippen LogP contribution in [0.15, 0.2) is 0 Å². The normalized spacial score (nSPS) is 51.1. The van der Waals surface area contributed by atoms with Crippen molar-refractivity contribution in [3.05, 3.63) is 0 Å². The summed E-state index contributed by atoms with van der Waals surface area (Å²) in [5.74, 6) is -2.37. The summed E-state index contributed by atoms with van der Waals surface area (Å²) in [7, 11) is 0. The maximum atomic E-state index is 10.00. The van der Waals surface area contributed by atoms with Crippen LogP contribution in [0.2, 0.25) is 0 Å². The van der Waals surface area contributed by atoms with E-state index in [2.05, 4.69) is 0 Å². The quantitative estimate of drug-likeness (QED) is 0.238. The Hall–Kier alpha value is -0.440. The zero-order chi connectivity index (χ0) is 17.4. The van der Waals surface area contributed by atoms with Crippen LogP contribution in [0.5, 0.6) is 0 Å². The Balaban J connectivity index is 2.13. The summed E-state index contributed by atoms with van der Waals surface area (Å²) in [6, 6.07) is 0. The monoisotopic (exact) mass is 342 g/mol. The van der Waals surface area contributed by atoms with Crippen molar-refractivity contribution in [1.82, 2.24) is 0 Å². The van der Waals surface area contributed by atoms with E-state index in [0.29, 0.717) is 0 Å². The van der Waals surface area contributed by atoms with Crippen molar-refractivity contribution >= 4 is 0 Å². The summed E-state index contributed by atoms with van der Waals surface area (Å²) in [6.45, 7) is -2.32. The lowest BCUT2D eigenvalue weighted by Crippen LogP contribution is -2.60. The van der Waals surface area contributed by atoms with E-state index >= 15 is 0 Å². The Kier molecular flexibility index (Phi) is 5.92. The molecule has 9 atom stereocenters. The standard InChI is InChI=1S/C12H22O11/c13-1-4-6(16)7(17)8(18)11(21-4)22-9-5(2-14)23-12(20,3-15)10(9)19/h4-11,13-20H,1-3H2/t4?,5-,6+,7-,8?,9?,10-,11+,12-/m1/s1. The molecule has 2 rings (SSSR count). The van der Waals surface area contributed by atoms with E-state index in [0.717, 1.165) is 0 Å². The highest BCUT2D eigenvalue weighted by molar-refractivity contribution is 4.98. The highest BCUT2D eigenvalue weighted by atomic mass is 16.7. The van der Waals surface area contributed by atoms with Crippen molar-refractivity contribution in [3.8, 4) is 0 Å². The molecule has 3 unspecified atom stereocenters. The van der Waals surface area contributed by atoms with Crippen molar-refractivity contribution in [3.63, 3.8) is 0 Å². The second kappa shape index (κ2) is 7.21. The zero-order valence-corrected chi connectivity index (χ0v) is 12.0. The minimum atomic E-state index is -2.37. The van der Waals surface area contributed by atoms with Crippen LogP contribution in [-0.4, -0.2) is 115 Å². The van der Waals surface area contributed by atoms with Crippen LogP contribution in [0.25, 0.3) is 0 Å². The van der Waals surface area contributed by atoms with Gasteiger partial charge < -0.3 is 55.1 Å². The van der Waals surface area contributed by atoms with Crippen LogP contribution in [0.4, 0.5) is 0 Å². The van der Waals surface area contributed by atoms with Gasteiger partial charge in [0.25, 0.3) is 0 Å². The molecule has 0 saturated carbocycles. The molecule has 2 saturated heterocycles. The molecule has 2 aliphatic rings. The zero-order valence-electron chi connectivity index (χ0n) is 12.0. The van der Waals surface area contributed by atoms with Crippen molar-refractivity contribution in [2.75, 3.05) is 19.8 Å². The van der Waals surface area contributed by atoms with E-state index in [1.807, 2.05) is 0 Å². The molecule has 23 heavy (non-hydrogen) atoms. The molecule has 0 aromatic carbocycles. The summed E-state index contributed by atoms with van der Waals surface area (Å²) in [6.07, 6.45) is -12.2. The molecular formula is C12H22O11. The average molecular weight is 342 g/mol. The average Bonchev–Trinajstić information content (AvgIpc) is 2.80. The molecule has 11 nitrogen and oxygen atoms in total. The first-order valence-corrected chi connectivity index (χ1v) is 7.05. The predicted molar refractivity (Wildman–Crippen MR) is 68.6 cm³/mol. The molecule has 8 N–H and O–H groups in total. The van der Waals surface area contributed by atoms with Gasteiger partial charge in [0, 0.05) is 0 Å². The first-order chi connectivity index (χ1) is 10.8. The lowest BCUT2D eigenvalue weighted by Gasteiger charge is -2.41. The molecule has 11 heteroatoms. The van der Waals surface area contributed by atoms with Crippen LogP contribution in [0.1, 0.15) is 0 Å². The van der Waals surface area contributed by atoms with Crippen LogP contribution >= 0.6 is 0 Å². The van der Waals surface area contributed by atoms with Gasteiger partial charge in [-0.05, 0) is 0 Å². The van der Waals surface area contributed by atoms with Gasteiger partial charge in [0.05, 0.1) is 19.8 Å². The minimum Gasteiger partial charge on any atom is -0.394 e. The van der Waals surface area contributed by atoms with Gasteiger partial charge in [-0.25, -0.2) is 0 Å². The van der Waals surface area contributed by atoms with E-state index < -0.39 is 74.6 Å².